The number of hydrogen-bond acceptors (Lipinski definition) is 8. The number of rotatable bonds is 70. The molecule has 1 heterocycles. The van der Waals surface area contributed by atoms with Gasteiger partial charge in [0.15, 0.2) is 6.29 Å². The third-order valence-electron chi connectivity index (χ3n) is 18.9. The van der Waals surface area contributed by atoms with Crippen molar-refractivity contribution in [3.05, 3.63) is 36.5 Å². The molecule has 1 rings (SSSR count). The second-order valence-corrected chi connectivity index (χ2v) is 27.5. The van der Waals surface area contributed by atoms with E-state index in [1.54, 1.807) is 6.08 Å². The molecule has 0 bridgehead atoms. The number of carbonyl (C=O) groups excluding carboxylic acids is 1. The molecule has 1 amide bonds. The number of amides is 1. The van der Waals surface area contributed by atoms with Gasteiger partial charge >= 0.3 is 0 Å². The first-order valence-corrected chi connectivity index (χ1v) is 39.2. The number of nitrogens with one attached hydrogen (secondary N) is 1. The molecule has 0 aromatic rings. The summed E-state index contributed by atoms with van der Waals surface area (Å²) in [5.74, 6) is -0.182. The van der Waals surface area contributed by atoms with Gasteiger partial charge in [-0.1, -0.05) is 391 Å². The zero-order chi connectivity index (χ0) is 63.5. The summed E-state index contributed by atoms with van der Waals surface area (Å²) in [6, 6.07) is -0.829. The van der Waals surface area contributed by atoms with Gasteiger partial charge in [-0.15, -0.1) is 0 Å². The molecular formula is C79H151NO8. The van der Waals surface area contributed by atoms with Gasteiger partial charge in [0.1, 0.15) is 24.4 Å². The van der Waals surface area contributed by atoms with Gasteiger partial charge in [-0.3, -0.25) is 4.79 Å². The first kappa shape index (κ1) is 84.4. The molecule has 0 aromatic carbocycles. The van der Waals surface area contributed by atoms with Crippen molar-refractivity contribution in [1.29, 1.82) is 0 Å². The van der Waals surface area contributed by atoms with Gasteiger partial charge < -0.3 is 40.3 Å². The molecule has 88 heavy (non-hydrogen) atoms. The standard InChI is InChI=1S/C79H151NO8/c1-3-5-7-9-11-13-15-17-19-21-23-25-27-29-31-33-35-36-37-39-41-43-45-47-49-51-53-55-57-59-61-63-65-67-69-75(83)80-72(71-87-79-78(86)77(85)76(84)74(70-81)88-79)73(82)68-66-64-62-60-58-56-54-52-50-48-46-44-42-40-38-34-32-30-28-26-24-22-20-18-16-14-12-10-8-6-4-2/h50,52,58,60,66,68,72-74,76-79,81-82,84-86H,3-49,51,53-57,59,61-65,67,69-71H2,1-2H3,(H,80,83)/b52-50+,60-58+,68-66+. The molecule has 9 heteroatoms. The monoisotopic (exact) mass is 1240 g/mol. The van der Waals surface area contributed by atoms with E-state index >= 15 is 0 Å². The topological polar surface area (TPSA) is 149 Å². The van der Waals surface area contributed by atoms with E-state index in [0.29, 0.717) is 6.42 Å². The normalized spacial score (nSPS) is 18.0. The van der Waals surface area contributed by atoms with Crippen LogP contribution in [0.4, 0.5) is 0 Å². The van der Waals surface area contributed by atoms with Crippen LogP contribution in [0.15, 0.2) is 36.5 Å². The van der Waals surface area contributed by atoms with E-state index in [4.69, 9.17) is 9.47 Å². The van der Waals surface area contributed by atoms with Crippen LogP contribution in [-0.2, 0) is 14.3 Å². The van der Waals surface area contributed by atoms with Gasteiger partial charge in [0.2, 0.25) is 5.91 Å². The Labute approximate surface area is 546 Å². The molecule has 1 aliphatic heterocycles. The highest BCUT2D eigenvalue weighted by Crippen LogP contribution is 2.24. The first-order chi connectivity index (χ1) is 43.3. The Morgan fingerprint density at radius 3 is 0.955 bits per heavy atom. The highest BCUT2D eigenvalue weighted by Gasteiger charge is 2.44. The quantitative estimate of drug-likeness (QED) is 0.0261. The van der Waals surface area contributed by atoms with Crippen molar-refractivity contribution in [3.8, 4) is 0 Å². The highest BCUT2D eigenvalue weighted by molar-refractivity contribution is 5.76. The van der Waals surface area contributed by atoms with Crippen LogP contribution in [0.3, 0.4) is 0 Å². The molecule has 7 unspecified atom stereocenters. The zero-order valence-electron chi connectivity index (χ0n) is 58.5. The van der Waals surface area contributed by atoms with Gasteiger partial charge in [0.25, 0.3) is 0 Å². The molecule has 0 saturated carbocycles. The Bertz CT molecular complexity index is 1490. The van der Waals surface area contributed by atoms with Crippen molar-refractivity contribution in [3.63, 3.8) is 0 Å². The molecule has 0 radical (unpaired) electrons. The number of allylic oxidation sites excluding steroid dienone is 5. The lowest BCUT2D eigenvalue weighted by Crippen LogP contribution is -2.60. The molecular weight excluding hydrogens is 1090 g/mol. The maximum atomic E-state index is 13.2. The Morgan fingerprint density at radius 1 is 0.375 bits per heavy atom. The average Bonchev–Trinajstić information content (AvgIpc) is 3.31. The van der Waals surface area contributed by atoms with Crippen molar-refractivity contribution in [1.82, 2.24) is 5.32 Å². The summed E-state index contributed by atoms with van der Waals surface area (Å²) in [5.41, 5.74) is 0. The van der Waals surface area contributed by atoms with Crippen LogP contribution in [0.1, 0.15) is 406 Å². The summed E-state index contributed by atoms with van der Waals surface area (Å²) in [6.07, 6.45) is 85.9. The van der Waals surface area contributed by atoms with Crippen LogP contribution < -0.4 is 5.32 Å². The van der Waals surface area contributed by atoms with Crippen molar-refractivity contribution in [2.24, 2.45) is 0 Å². The zero-order valence-corrected chi connectivity index (χ0v) is 58.5. The lowest BCUT2D eigenvalue weighted by atomic mass is 9.99. The van der Waals surface area contributed by atoms with Gasteiger partial charge in [0.05, 0.1) is 25.4 Å². The summed E-state index contributed by atoms with van der Waals surface area (Å²) < 4.78 is 11.3. The maximum absolute atomic E-state index is 13.2. The number of unbranched alkanes of at least 4 members (excludes halogenated alkanes) is 56. The minimum atomic E-state index is -1.58. The Kier molecular flexibility index (Phi) is 65.5. The molecule has 0 spiro atoms. The molecule has 0 aromatic heterocycles. The largest absolute Gasteiger partial charge is 0.394 e. The molecule has 1 fully saturated rings. The summed E-state index contributed by atoms with van der Waals surface area (Å²) in [5, 5.41) is 54.8. The van der Waals surface area contributed by atoms with Gasteiger partial charge in [-0.05, 0) is 44.9 Å². The molecule has 9 nitrogen and oxygen atoms in total. The Balaban J connectivity index is 2.10. The van der Waals surface area contributed by atoms with E-state index in [1.807, 2.05) is 6.08 Å². The van der Waals surface area contributed by atoms with Crippen LogP contribution in [-0.4, -0.2) is 87.5 Å². The smallest absolute Gasteiger partial charge is 0.220 e. The molecule has 7 atom stereocenters. The van der Waals surface area contributed by atoms with Crippen molar-refractivity contribution >= 4 is 5.91 Å². The SMILES string of the molecule is CCCCCCCCCCCCCCCCCCCCCCC/C=C/CC/C=C/CC/C=C/C(O)C(COC1OC(CO)C(O)C(O)C1O)NC(=O)CCCCCCCCCCCCCCCCCCCCCCCCCCCCCCCCCCCC. The highest BCUT2D eigenvalue weighted by atomic mass is 16.7. The van der Waals surface area contributed by atoms with Crippen molar-refractivity contribution in [2.45, 2.75) is 448 Å². The predicted molar refractivity (Wildman–Crippen MR) is 378 cm³/mol. The van der Waals surface area contributed by atoms with Crippen LogP contribution in [0.2, 0.25) is 0 Å². The molecule has 6 N–H and O–H groups in total. The van der Waals surface area contributed by atoms with Gasteiger partial charge in [0, 0.05) is 6.42 Å². The minimum absolute atomic E-state index is 0.182. The fourth-order valence-electron chi connectivity index (χ4n) is 12.8. The summed E-state index contributed by atoms with van der Waals surface area (Å²) in [4.78, 5) is 13.2. The average molecular weight is 1240 g/mol. The van der Waals surface area contributed by atoms with Crippen molar-refractivity contribution in [2.75, 3.05) is 13.2 Å². The lowest BCUT2D eigenvalue weighted by Gasteiger charge is -2.40. The van der Waals surface area contributed by atoms with Gasteiger partial charge in [-0.2, -0.15) is 0 Å². The van der Waals surface area contributed by atoms with Crippen molar-refractivity contribution < 1.29 is 39.8 Å². The van der Waals surface area contributed by atoms with E-state index in [0.717, 1.165) is 44.9 Å². The van der Waals surface area contributed by atoms with E-state index in [-0.39, 0.29) is 12.5 Å². The van der Waals surface area contributed by atoms with E-state index < -0.39 is 49.5 Å². The Hall–Kier alpha value is -1.59. The molecule has 520 valence electrons. The molecule has 1 saturated heterocycles. The van der Waals surface area contributed by atoms with E-state index in [9.17, 15) is 30.3 Å². The van der Waals surface area contributed by atoms with Crippen LogP contribution in [0.25, 0.3) is 0 Å². The summed E-state index contributed by atoms with van der Waals surface area (Å²) >= 11 is 0. The third kappa shape index (κ3) is 56.0. The second-order valence-electron chi connectivity index (χ2n) is 27.5. The number of carbonyl (C=O) groups is 1. The van der Waals surface area contributed by atoms with Crippen LogP contribution in [0, 0.1) is 0 Å². The minimum Gasteiger partial charge on any atom is -0.394 e. The van der Waals surface area contributed by atoms with Crippen LogP contribution in [0.5, 0.6) is 0 Å². The van der Waals surface area contributed by atoms with E-state index in [1.165, 1.54) is 340 Å². The van der Waals surface area contributed by atoms with E-state index in [2.05, 4.69) is 43.5 Å². The first-order valence-electron chi connectivity index (χ1n) is 39.2. The molecule has 0 aliphatic carbocycles. The van der Waals surface area contributed by atoms with Crippen LogP contribution >= 0.6 is 0 Å². The number of aliphatic hydroxyl groups is 5. The second kappa shape index (κ2) is 68.3. The summed E-state index contributed by atoms with van der Waals surface area (Å²) in [7, 11) is 0. The third-order valence-corrected chi connectivity index (χ3v) is 18.9. The fraction of sp³-hybridized carbons (Fsp3) is 0.911. The lowest BCUT2D eigenvalue weighted by molar-refractivity contribution is -0.302. The summed E-state index contributed by atoms with van der Waals surface area (Å²) in [6.45, 7) is 3.83. The number of aliphatic hydroxyl groups excluding tert-OH is 5. The maximum Gasteiger partial charge on any atom is 0.220 e. The predicted octanol–water partition coefficient (Wildman–Crippen LogP) is 22.2. The Morgan fingerprint density at radius 2 is 0.648 bits per heavy atom. The van der Waals surface area contributed by atoms with Gasteiger partial charge in [-0.25, -0.2) is 0 Å². The fourth-order valence-corrected chi connectivity index (χ4v) is 12.8. The number of ether oxygens (including phenoxy) is 2. The molecule has 1 aliphatic rings. The number of hydrogen-bond donors (Lipinski definition) is 6.